The zero-order valence-corrected chi connectivity index (χ0v) is 24.8. The van der Waals surface area contributed by atoms with Gasteiger partial charge < -0.3 is 10.6 Å². The number of rotatable bonds is 8. The van der Waals surface area contributed by atoms with Crippen LogP contribution in [0.5, 0.6) is 0 Å². The van der Waals surface area contributed by atoms with Gasteiger partial charge in [0.2, 0.25) is 5.91 Å². The van der Waals surface area contributed by atoms with Gasteiger partial charge in [0.15, 0.2) is 0 Å². The lowest BCUT2D eigenvalue weighted by atomic mass is 9.86. The van der Waals surface area contributed by atoms with E-state index in [1.165, 1.54) is 42.6 Å². The zero-order chi connectivity index (χ0) is 28.0. The maximum atomic E-state index is 13.1. The van der Waals surface area contributed by atoms with E-state index in [1.807, 2.05) is 24.8 Å². The van der Waals surface area contributed by atoms with E-state index in [1.54, 1.807) is 36.5 Å². The molecule has 0 aliphatic heterocycles. The number of halogens is 1. The van der Waals surface area contributed by atoms with Crippen molar-refractivity contribution >= 4 is 41.0 Å². The number of carbonyl (C=O) groups is 2. The summed E-state index contributed by atoms with van der Waals surface area (Å²) in [5.41, 5.74) is 3.84. The molecule has 2 N–H and O–H groups in total. The fourth-order valence-corrected chi connectivity index (χ4v) is 6.19. The van der Waals surface area contributed by atoms with Gasteiger partial charge in [0.1, 0.15) is 5.82 Å². The molecule has 2 aromatic carbocycles. The third kappa shape index (κ3) is 8.09. The molecule has 1 aliphatic carbocycles. The lowest BCUT2D eigenvalue weighted by Crippen LogP contribution is -2.28. The molecule has 1 aliphatic rings. The quantitative estimate of drug-likeness (QED) is 0.290. The van der Waals surface area contributed by atoms with Gasteiger partial charge in [0.25, 0.3) is 5.91 Å². The number of hydrogen-bond donors (Lipinski definition) is 2. The summed E-state index contributed by atoms with van der Waals surface area (Å²) in [5.74, 6) is -0.267. The highest BCUT2D eigenvalue weighted by atomic mass is 35.5. The highest BCUT2D eigenvalue weighted by molar-refractivity contribution is 8.00. The van der Waals surface area contributed by atoms with Crippen molar-refractivity contribution in [1.82, 2.24) is 10.3 Å². The minimum Gasteiger partial charge on any atom is -0.351 e. The fourth-order valence-electron chi connectivity index (χ4n) is 4.65. The Morgan fingerprint density at radius 3 is 2.38 bits per heavy atom. The number of thioether (sulfide) groups is 1. The molecule has 7 heteroatoms. The Hall–Kier alpha value is -2.83. The van der Waals surface area contributed by atoms with Crippen LogP contribution in [-0.4, -0.2) is 22.0 Å². The molecule has 5 nitrogen and oxygen atoms in total. The van der Waals surface area contributed by atoms with E-state index in [0.717, 1.165) is 11.1 Å². The normalized spacial score (nSPS) is 15.0. The molecule has 3 aromatic rings. The standard InChI is InChI=1S/C32H38ClN3O2S/c1-21(23-13-17-29(34-19-23)36-31(38)22-11-15-26(33)16-12-22)30(37)35-20-24-10-14-25(32(2,3)4)18-28(24)39-27-8-6-5-7-9-27/h10-19,21,27H,5-9,20H2,1-4H3,(H,35,37)(H,34,36,38). The highest BCUT2D eigenvalue weighted by Gasteiger charge is 2.21. The first-order chi connectivity index (χ1) is 18.6. The topological polar surface area (TPSA) is 71.1 Å². The predicted octanol–water partition coefficient (Wildman–Crippen LogP) is 8.13. The fraction of sp³-hybridized carbons (Fsp3) is 0.406. The summed E-state index contributed by atoms with van der Waals surface area (Å²) in [7, 11) is 0. The molecular formula is C32H38ClN3O2S. The molecule has 2 amide bonds. The van der Waals surface area contributed by atoms with Gasteiger partial charge in [-0.2, -0.15) is 0 Å². The number of benzene rings is 2. The smallest absolute Gasteiger partial charge is 0.256 e. The van der Waals surface area contributed by atoms with Crippen LogP contribution in [0.2, 0.25) is 5.02 Å². The Kier molecular flexibility index (Phi) is 9.73. The molecule has 1 heterocycles. The number of pyridine rings is 1. The van der Waals surface area contributed by atoms with E-state index in [9.17, 15) is 9.59 Å². The Morgan fingerprint density at radius 2 is 1.74 bits per heavy atom. The van der Waals surface area contributed by atoms with E-state index in [0.29, 0.717) is 28.2 Å². The second kappa shape index (κ2) is 13.0. The predicted molar refractivity (Wildman–Crippen MR) is 162 cm³/mol. The second-order valence-corrected chi connectivity index (χ2v) is 13.1. The van der Waals surface area contributed by atoms with Gasteiger partial charge in [-0.15, -0.1) is 11.8 Å². The van der Waals surface area contributed by atoms with Crippen LogP contribution >= 0.6 is 23.4 Å². The molecule has 206 valence electrons. The minimum atomic E-state index is -0.373. The average molecular weight is 564 g/mol. The highest BCUT2D eigenvalue weighted by Crippen LogP contribution is 2.37. The molecule has 1 fully saturated rings. The van der Waals surface area contributed by atoms with Gasteiger partial charge in [0, 0.05) is 33.5 Å². The van der Waals surface area contributed by atoms with Crippen molar-refractivity contribution in [1.29, 1.82) is 0 Å². The number of anilines is 1. The maximum Gasteiger partial charge on any atom is 0.256 e. The molecule has 0 radical (unpaired) electrons. The first-order valence-electron chi connectivity index (χ1n) is 13.7. The molecule has 1 atom stereocenters. The van der Waals surface area contributed by atoms with Crippen molar-refractivity contribution < 1.29 is 9.59 Å². The minimum absolute atomic E-state index is 0.0525. The molecule has 0 saturated heterocycles. The van der Waals surface area contributed by atoms with Gasteiger partial charge in [-0.25, -0.2) is 4.98 Å². The molecule has 1 aromatic heterocycles. The Morgan fingerprint density at radius 1 is 1.03 bits per heavy atom. The summed E-state index contributed by atoms with van der Waals surface area (Å²) in [6.07, 6.45) is 8.11. The van der Waals surface area contributed by atoms with Crippen molar-refractivity contribution in [2.24, 2.45) is 0 Å². The van der Waals surface area contributed by atoms with Crippen LogP contribution in [0, 0.1) is 0 Å². The largest absolute Gasteiger partial charge is 0.351 e. The molecule has 39 heavy (non-hydrogen) atoms. The number of carbonyl (C=O) groups excluding carboxylic acids is 2. The van der Waals surface area contributed by atoms with Crippen LogP contribution in [-0.2, 0) is 16.8 Å². The molecular weight excluding hydrogens is 526 g/mol. The number of nitrogens with one attached hydrogen (secondary N) is 2. The molecule has 0 bridgehead atoms. The lowest BCUT2D eigenvalue weighted by Gasteiger charge is -2.25. The van der Waals surface area contributed by atoms with Gasteiger partial charge in [-0.3, -0.25) is 9.59 Å². The van der Waals surface area contributed by atoms with Crippen molar-refractivity contribution in [3.63, 3.8) is 0 Å². The van der Waals surface area contributed by atoms with Crippen molar-refractivity contribution in [3.8, 4) is 0 Å². The van der Waals surface area contributed by atoms with Gasteiger partial charge in [-0.1, -0.05) is 69.8 Å². The van der Waals surface area contributed by atoms with Crippen LogP contribution < -0.4 is 10.6 Å². The van der Waals surface area contributed by atoms with E-state index < -0.39 is 0 Å². The van der Waals surface area contributed by atoms with Crippen molar-refractivity contribution in [3.05, 3.63) is 88.1 Å². The van der Waals surface area contributed by atoms with E-state index in [-0.39, 0.29) is 23.1 Å². The van der Waals surface area contributed by atoms with E-state index >= 15 is 0 Å². The van der Waals surface area contributed by atoms with Crippen molar-refractivity contribution in [2.75, 3.05) is 5.32 Å². The average Bonchev–Trinajstić information content (AvgIpc) is 2.92. The first kappa shape index (κ1) is 29.2. The Balaban J connectivity index is 1.38. The summed E-state index contributed by atoms with van der Waals surface area (Å²) >= 11 is 7.88. The van der Waals surface area contributed by atoms with Crippen LogP contribution in [0.1, 0.15) is 92.8 Å². The third-order valence-corrected chi connectivity index (χ3v) is 8.95. The summed E-state index contributed by atoms with van der Waals surface area (Å²) < 4.78 is 0. The summed E-state index contributed by atoms with van der Waals surface area (Å²) in [6, 6.07) is 16.9. The second-order valence-electron chi connectivity index (χ2n) is 11.3. The Bertz CT molecular complexity index is 1280. The van der Waals surface area contributed by atoms with Crippen LogP contribution in [0.25, 0.3) is 0 Å². The Labute approximate surface area is 241 Å². The SMILES string of the molecule is CC(C(=O)NCc1ccc(C(C)(C)C)cc1SC1CCCCC1)c1ccc(NC(=O)c2ccc(Cl)cc2)nc1. The number of aromatic nitrogens is 1. The molecule has 1 saturated carbocycles. The van der Waals surface area contributed by atoms with Crippen molar-refractivity contribution in [2.45, 2.75) is 87.8 Å². The summed E-state index contributed by atoms with van der Waals surface area (Å²) in [6.45, 7) is 9.08. The molecule has 1 unspecified atom stereocenters. The number of nitrogens with zero attached hydrogens (tertiary/aromatic N) is 1. The zero-order valence-electron chi connectivity index (χ0n) is 23.2. The van der Waals surface area contributed by atoms with Gasteiger partial charge in [-0.05, 0) is 78.3 Å². The summed E-state index contributed by atoms with van der Waals surface area (Å²) in [5, 5.41) is 7.14. The monoisotopic (exact) mass is 563 g/mol. The van der Waals surface area contributed by atoms with Crippen LogP contribution in [0.3, 0.4) is 0 Å². The van der Waals surface area contributed by atoms with Crippen LogP contribution in [0.15, 0.2) is 65.7 Å². The van der Waals surface area contributed by atoms with Crippen LogP contribution in [0.4, 0.5) is 5.82 Å². The van der Waals surface area contributed by atoms with Gasteiger partial charge >= 0.3 is 0 Å². The number of hydrogen-bond acceptors (Lipinski definition) is 4. The van der Waals surface area contributed by atoms with E-state index in [4.69, 9.17) is 11.6 Å². The molecule has 4 rings (SSSR count). The third-order valence-electron chi connectivity index (χ3n) is 7.26. The first-order valence-corrected chi connectivity index (χ1v) is 15.0. The maximum absolute atomic E-state index is 13.1. The van der Waals surface area contributed by atoms with Gasteiger partial charge in [0.05, 0.1) is 5.92 Å². The lowest BCUT2D eigenvalue weighted by molar-refractivity contribution is -0.122. The summed E-state index contributed by atoms with van der Waals surface area (Å²) in [4.78, 5) is 31.2. The molecule has 0 spiro atoms. The van der Waals surface area contributed by atoms with E-state index in [2.05, 4.69) is 54.6 Å². The number of amides is 2.